The van der Waals surface area contributed by atoms with Crippen LogP contribution in [-0.2, 0) is 4.74 Å². The van der Waals surface area contributed by atoms with E-state index in [-0.39, 0.29) is 6.04 Å². The van der Waals surface area contributed by atoms with Gasteiger partial charge in [-0.1, -0.05) is 90.4 Å². The fourth-order valence-corrected chi connectivity index (χ4v) is 2.63. The van der Waals surface area contributed by atoms with Crippen molar-refractivity contribution in [3.05, 3.63) is 6.92 Å². The molecule has 0 amide bonds. The lowest BCUT2D eigenvalue weighted by atomic mass is 10.0. The molecule has 127 valence electrons. The molecule has 1 unspecified atom stereocenters. The van der Waals surface area contributed by atoms with Crippen LogP contribution in [0.1, 0.15) is 96.8 Å². The minimum atomic E-state index is -0.0726. The molecule has 2 N–H and O–H groups in total. The molecule has 0 bridgehead atoms. The summed E-state index contributed by atoms with van der Waals surface area (Å²) >= 11 is 0. The second kappa shape index (κ2) is 18.0. The topological polar surface area (TPSA) is 35.2 Å². The molecule has 0 aliphatic carbocycles. The number of nitrogens with two attached hydrogens (primary N) is 1. The summed E-state index contributed by atoms with van der Waals surface area (Å²) in [5.41, 5.74) is 5.52. The van der Waals surface area contributed by atoms with Gasteiger partial charge in [0, 0.05) is 12.6 Å². The van der Waals surface area contributed by atoms with Crippen molar-refractivity contribution in [1.82, 2.24) is 0 Å². The van der Waals surface area contributed by atoms with E-state index in [2.05, 4.69) is 13.8 Å². The largest absolute Gasteiger partial charge is 0.380 e. The van der Waals surface area contributed by atoms with Crippen molar-refractivity contribution in [2.24, 2.45) is 5.73 Å². The smallest absolute Gasteiger partial charge is 0.0617 e. The minimum Gasteiger partial charge on any atom is -0.380 e. The van der Waals surface area contributed by atoms with Crippen LogP contribution in [0.2, 0.25) is 0 Å². The van der Waals surface area contributed by atoms with Crippen LogP contribution in [0.3, 0.4) is 0 Å². The van der Waals surface area contributed by atoms with Crippen molar-refractivity contribution >= 4 is 0 Å². The molecule has 1 atom stereocenters. The Hall–Kier alpha value is -0.0800. The average molecular weight is 299 g/mol. The zero-order valence-corrected chi connectivity index (χ0v) is 14.6. The monoisotopic (exact) mass is 298 g/mol. The standard InChI is InChI=1S/C19H40NO/c1-3-4-5-6-7-8-9-10-11-12-13-14-15-16-17-21-18-19(2)20/h19H,2-18,20H2,1H3. The first-order valence-electron chi connectivity index (χ1n) is 9.43. The Kier molecular flexibility index (Phi) is 17.9. The number of hydrogen-bond donors (Lipinski definition) is 1. The number of rotatable bonds is 17. The van der Waals surface area contributed by atoms with Crippen molar-refractivity contribution in [2.75, 3.05) is 13.2 Å². The van der Waals surface area contributed by atoms with Crippen LogP contribution < -0.4 is 5.73 Å². The highest BCUT2D eigenvalue weighted by molar-refractivity contribution is 4.60. The van der Waals surface area contributed by atoms with E-state index in [1.54, 1.807) is 0 Å². The van der Waals surface area contributed by atoms with Gasteiger partial charge in [-0.05, 0) is 13.3 Å². The van der Waals surface area contributed by atoms with Crippen LogP contribution in [0.4, 0.5) is 0 Å². The molecule has 0 aliphatic rings. The summed E-state index contributed by atoms with van der Waals surface area (Å²) in [6.45, 7) is 7.43. The van der Waals surface area contributed by atoms with Crippen molar-refractivity contribution < 1.29 is 4.74 Å². The predicted octanol–water partition coefficient (Wildman–Crippen LogP) is 5.65. The van der Waals surface area contributed by atoms with Gasteiger partial charge in [0.2, 0.25) is 0 Å². The van der Waals surface area contributed by atoms with Gasteiger partial charge >= 0.3 is 0 Å². The van der Waals surface area contributed by atoms with Gasteiger partial charge in [-0.25, -0.2) is 0 Å². The van der Waals surface area contributed by atoms with E-state index in [1.165, 1.54) is 89.9 Å². The Morgan fingerprint density at radius 2 is 1.10 bits per heavy atom. The maximum Gasteiger partial charge on any atom is 0.0617 e. The van der Waals surface area contributed by atoms with Crippen LogP contribution in [0.25, 0.3) is 0 Å². The van der Waals surface area contributed by atoms with E-state index < -0.39 is 0 Å². The first-order chi connectivity index (χ1) is 10.3. The Morgan fingerprint density at radius 3 is 1.48 bits per heavy atom. The van der Waals surface area contributed by atoms with E-state index in [0.29, 0.717) is 6.61 Å². The lowest BCUT2D eigenvalue weighted by Crippen LogP contribution is -2.22. The van der Waals surface area contributed by atoms with Gasteiger partial charge in [0.05, 0.1) is 6.61 Å². The first-order valence-corrected chi connectivity index (χ1v) is 9.43. The van der Waals surface area contributed by atoms with Gasteiger partial charge in [0.25, 0.3) is 0 Å². The lowest BCUT2D eigenvalue weighted by molar-refractivity contribution is 0.125. The van der Waals surface area contributed by atoms with E-state index in [0.717, 1.165) is 6.61 Å². The van der Waals surface area contributed by atoms with Gasteiger partial charge in [-0.3, -0.25) is 0 Å². The molecule has 0 aromatic heterocycles. The third-order valence-electron chi connectivity index (χ3n) is 3.97. The third-order valence-corrected chi connectivity index (χ3v) is 3.97. The van der Waals surface area contributed by atoms with E-state index in [1.807, 2.05) is 0 Å². The van der Waals surface area contributed by atoms with Crippen LogP contribution >= 0.6 is 0 Å². The summed E-state index contributed by atoms with van der Waals surface area (Å²) in [6, 6.07) is -0.0726. The molecule has 0 aromatic rings. The molecule has 2 heteroatoms. The Morgan fingerprint density at radius 1 is 0.714 bits per heavy atom. The number of hydrogen-bond acceptors (Lipinski definition) is 2. The molecule has 0 rings (SSSR count). The molecule has 1 radical (unpaired) electrons. The Bertz CT molecular complexity index is 182. The Balaban J connectivity index is 2.93. The quantitative estimate of drug-likeness (QED) is 0.352. The minimum absolute atomic E-state index is 0.0726. The van der Waals surface area contributed by atoms with Gasteiger partial charge in [-0.2, -0.15) is 0 Å². The predicted molar refractivity (Wildman–Crippen MR) is 94.5 cm³/mol. The SMILES string of the molecule is [CH2]C(N)COCCCCCCCCCCCCCCCC. The van der Waals surface area contributed by atoms with Gasteiger partial charge < -0.3 is 10.5 Å². The maximum absolute atomic E-state index is 5.52. The zero-order valence-electron chi connectivity index (χ0n) is 14.6. The molecular weight excluding hydrogens is 258 g/mol. The second-order valence-electron chi connectivity index (χ2n) is 6.43. The molecule has 0 aromatic carbocycles. The molecule has 0 fully saturated rings. The van der Waals surface area contributed by atoms with Crippen LogP contribution in [0.15, 0.2) is 0 Å². The maximum atomic E-state index is 5.52. The number of unbranched alkanes of at least 4 members (excludes halogenated alkanes) is 13. The molecule has 0 aliphatic heterocycles. The van der Waals surface area contributed by atoms with Crippen molar-refractivity contribution in [2.45, 2.75) is 103 Å². The summed E-state index contributed by atoms with van der Waals surface area (Å²) in [6.07, 6.45) is 19.5. The van der Waals surface area contributed by atoms with Crippen LogP contribution in [0, 0.1) is 6.92 Å². The zero-order chi connectivity index (χ0) is 15.6. The summed E-state index contributed by atoms with van der Waals surface area (Å²) in [7, 11) is 0. The molecule has 21 heavy (non-hydrogen) atoms. The molecular formula is C19H40NO. The molecule has 0 spiro atoms. The third kappa shape index (κ3) is 19.9. The summed E-state index contributed by atoms with van der Waals surface area (Å²) < 4.78 is 5.41. The number of ether oxygens (including phenoxy) is 1. The highest BCUT2D eigenvalue weighted by Crippen LogP contribution is 2.12. The van der Waals surface area contributed by atoms with Crippen molar-refractivity contribution in [3.63, 3.8) is 0 Å². The van der Waals surface area contributed by atoms with Crippen LogP contribution in [-0.4, -0.2) is 19.3 Å². The van der Waals surface area contributed by atoms with E-state index >= 15 is 0 Å². The van der Waals surface area contributed by atoms with E-state index in [4.69, 9.17) is 10.5 Å². The molecule has 0 saturated heterocycles. The summed E-state index contributed by atoms with van der Waals surface area (Å²) in [4.78, 5) is 0. The van der Waals surface area contributed by atoms with Gasteiger partial charge in [0.1, 0.15) is 0 Å². The first kappa shape index (κ1) is 20.9. The highest BCUT2D eigenvalue weighted by Gasteiger charge is 1.95. The van der Waals surface area contributed by atoms with Gasteiger partial charge in [-0.15, -0.1) is 0 Å². The highest BCUT2D eigenvalue weighted by atomic mass is 16.5. The normalized spacial score (nSPS) is 12.7. The van der Waals surface area contributed by atoms with E-state index in [9.17, 15) is 0 Å². The molecule has 0 saturated carbocycles. The molecule has 2 nitrogen and oxygen atoms in total. The van der Waals surface area contributed by atoms with Crippen molar-refractivity contribution in [3.8, 4) is 0 Å². The average Bonchev–Trinajstić information content (AvgIpc) is 2.46. The summed E-state index contributed by atoms with van der Waals surface area (Å²) in [5.74, 6) is 0. The van der Waals surface area contributed by atoms with Crippen molar-refractivity contribution in [1.29, 1.82) is 0 Å². The second-order valence-corrected chi connectivity index (χ2v) is 6.43. The van der Waals surface area contributed by atoms with Crippen LogP contribution in [0.5, 0.6) is 0 Å². The fraction of sp³-hybridized carbons (Fsp3) is 0.947. The fourth-order valence-electron chi connectivity index (χ4n) is 2.63. The Labute approximate surface area is 134 Å². The summed E-state index contributed by atoms with van der Waals surface area (Å²) in [5, 5.41) is 0. The molecule has 0 heterocycles. The van der Waals surface area contributed by atoms with Gasteiger partial charge in [0.15, 0.2) is 0 Å². The lowest BCUT2D eigenvalue weighted by Gasteiger charge is -2.06.